The van der Waals surface area contributed by atoms with E-state index in [2.05, 4.69) is 5.32 Å². The number of aliphatic hydroxyl groups excluding tert-OH is 1. The maximum absolute atomic E-state index is 14.2. The lowest BCUT2D eigenvalue weighted by Crippen LogP contribution is -2.49. The first-order valence-corrected chi connectivity index (χ1v) is 6.64. The van der Waals surface area contributed by atoms with Gasteiger partial charge in [-0.3, -0.25) is 9.59 Å². The minimum Gasteiger partial charge on any atom is -0.461 e. The van der Waals surface area contributed by atoms with Crippen LogP contribution in [0.4, 0.5) is 4.39 Å². The second-order valence-electron chi connectivity index (χ2n) is 5.36. The van der Waals surface area contributed by atoms with Crippen LogP contribution in [0.2, 0.25) is 0 Å². The van der Waals surface area contributed by atoms with Crippen molar-refractivity contribution in [2.45, 2.75) is 26.3 Å². The summed E-state index contributed by atoms with van der Waals surface area (Å²) >= 11 is 0. The predicted octanol–water partition coefficient (Wildman–Crippen LogP) is 0.411. The zero-order valence-corrected chi connectivity index (χ0v) is 12.9. The molecule has 8 heteroatoms. The van der Waals surface area contributed by atoms with E-state index in [4.69, 9.17) is 9.84 Å². The van der Waals surface area contributed by atoms with Crippen molar-refractivity contribution in [1.82, 2.24) is 9.88 Å². The number of hydrogen-bond acceptors (Lipinski definition) is 5. The first-order valence-electron chi connectivity index (χ1n) is 6.64. The van der Waals surface area contributed by atoms with Gasteiger partial charge in [-0.25, -0.2) is 9.18 Å². The predicted molar refractivity (Wildman–Crippen MR) is 75.0 cm³/mol. The van der Waals surface area contributed by atoms with Crippen LogP contribution < -0.4 is 5.32 Å². The van der Waals surface area contributed by atoms with Crippen LogP contribution in [-0.4, -0.2) is 46.1 Å². The maximum atomic E-state index is 14.2. The van der Waals surface area contributed by atoms with Gasteiger partial charge in [0.15, 0.2) is 11.5 Å². The molecule has 1 amide bonds. The number of nitrogens with one attached hydrogen (secondary N) is 1. The number of nitrogens with zero attached hydrogens (tertiary/aromatic N) is 1. The number of Topliss-reactive ketones (excluding diaryl/α,β-unsaturated/α-hetero) is 1. The summed E-state index contributed by atoms with van der Waals surface area (Å²) in [6.07, 6.45) is 1.05. The summed E-state index contributed by atoms with van der Waals surface area (Å²) in [5.74, 6) is -4.23. The number of halogens is 1. The van der Waals surface area contributed by atoms with E-state index >= 15 is 0 Å². The lowest BCUT2D eigenvalue weighted by Gasteiger charge is -2.22. The molecule has 1 aromatic rings. The molecular weight excluding hydrogens is 295 g/mol. The average Bonchev–Trinajstić information content (AvgIpc) is 2.73. The van der Waals surface area contributed by atoms with Crippen molar-refractivity contribution in [3.63, 3.8) is 0 Å². The molecule has 0 radical (unpaired) electrons. The third-order valence-electron chi connectivity index (χ3n) is 2.89. The molecule has 0 saturated carbocycles. The summed E-state index contributed by atoms with van der Waals surface area (Å²) in [5, 5.41) is 11.3. The van der Waals surface area contributed by atoms with Gasteiger partial charge in [0.1, 0.15) is 0 Å². The summed E-state index contributed by atoms with van der Waals surface area (Å²) in [6.45, 7) is 4.23. The second-order valence-corrected chi connectivity index (χ2v) is 5.36. The van der Waals surface area contributed by atoms with E-state index in [0.29, 0.717) is 0 Å². The van der Waals surface area contributed by atoms with Crippen LogP contribution in [-0.2, 0) is 16.6 Å². The molecule has 122 valence electrons. The number of ketones is 1. The molecule has 0 unspecified atom stereocenters. The van der Waals surface area contributed by atoms with Crippen LogP contribution in [0.15, 0.2) is 6.20 Å². The first kappa shape index (κ1) is 17.8. The molecule has 0 spiro atoms. The Balaban J connectivity index is 3.08. The number of aromatic nitrogens is 1. The smallest absolute Gasteiger partial charge is 0.358 e. The van der Waals surface area contributed by atoms with Crippen LogP contribution >= 0.6 is 0 Å². The Hall–Kier alpha value is -2.22. The Morgan fingerprint density at radius 2 is 2.00 bits per heavy atom. The van der Waals surface area contributed by atoms with Crippen molar-refractivity contribution < 1.29 is 28.6 Å². The molecule has 1 rings (SSSR count). The molecule has 0 bridgehead atoms. The average molecular weight is 314 g/mol. The summed E-state index contributed by atoms with van der Waals surface area (Å²) < 4.78 is 20.0. The van der Waals surface area contributed by atoms with Gasteiger partial charge >= 0.3 is 5.97 Å². The van der Waals surface area contributed by atoms with Crippen molar-refractivity contribution in [2.24, 2.45) is 7.05 Å². The molecule has 1 aromatic heterocycles. The third kappa shape index (κ3) is 3.70. The number of carbonyl (C=O) groups is 3. The summed E-state index contributed by atoms with van der Waals surface area (Å²) in [7, 11) is 1.36. The summed E-state index contributed by atoms with van der Waals surface area (Å²) in [6, 6.07) is 0. The molecule has 0 aliphatic rings. The van der Waals surface area contributed by atoms with Crippen LogP contribution in [0, 0.1) is 5.82 Å². The van der Waals surface area contributed by atoms with Crippen molar-refractivity contribution in [2.75, 3.05) is 13.2 Å². The Morgan fingerprint density at radius 3 is 2.50 bits per heavy atom. The fourth-order valence-corrected chi connectivity index (χ4v) is 1.71. The molecule has 2 N–H and O–H groups in total. The van der Waals surface area contributed by atoms with E-state index in [1.165, 1.54) is 20.9 Å². The largest absolute Gasteiger partial charge is 0.461 e. The molecule has 0 aliphatic carbocycles. The topological polar surface area (TPSA) is 97.6 Å². The number of ether oxygens (including phenoxy) is 1. The van der Waals surface area contributed by atoms with Crippen molar-refractivity contribution >= 4 is 17.7 Å². The highest BCUT2D eigenvalue weighted by Crippen LogP contribution is 2.17. The van der Waals surface area contributed by atoms with E-state index < -0.39 is 46.9 Å². The van der Waals surface area contributed by atoms with E-state index in [1.54, 1.807) is 6.92 Å². The molecule has 7 nitrogen and oxygen atoms in total. The van der Waals surface area contributed by atoms with Gasteiger partial charge in [0.25, 0.3) is 11.7 Å². The highest BCUT2D eigenvalue weighted by molar-refractivity contribution is 6.43. The van der Waals surface area contributed by atoms with Crippen molar-refractivity contribution in [3.05, 3.63) is 23.3 Å². The Bertz CT molecular complexity index is 607. The minimum atomic E-state index is -1.13. The number of esters is 1. The number of rotatable bonds is 6. The van der Waals surface area contributed by atoms with Crippen LogP contribution in [0.5, 0.6) is 0 Å². The van der Waals surface area contributed by atoms with Gasteiger partial charge in [0.2, 0.25) is 0 Å². The zero-order valence-electron chi connectivity index (χ0n) is 12.9. The van der Waals surface area contributed by atoms with E-state index in [0.717, 1.165) is 10.8 Å². The molecule has 0 fully saturated rings. The highest BCUT2D eigenvalue weighted by atomic mass is 19.1. The summed E-state index contributed by atoms with van der Waals surface area (Å²) in [5.41, 5.74) is -1.99. The normalized spacial score (nSPS) is 11.2. The quantitative estimate of drug-likeness (QED) is 0.450. The monoisotopic (exact) mass is 314 g/mol. The van der Waals surface area contributed by atoms with Crippen LogP contribution in [0.3, 0.4) is 0 Å². The number of hydrogen-bond donors (Lipinski definition) is 2. The fraction of sp³-hybridized carbons (Fsp3) is 0.500. The zero-order chi connectivity index (χ0) is 17.1. The van der Waals surface area contributed by atoms with E-state index in [9.17, 15) is 18.8 Å². The number of carbonyl (C=O) groups excluding carboxylic acids is 3. The van der Waals surface area contributed by atoms with Gasteiger partial charge in [-0.15, -0.1) is 0 Å². The van der Waals surface area contributed by atoms with Gasteiger partial charge in [-0.2, -0.15) is 0 Å². The van der Waals surface area contributed by atoms with Gasteiger partial charge in [0.05, 0.1) is 24.3 Å². The molecule has 0 saturated heterocycles. The van der Waals surface area contributed by atoms with Crippen molar-refractivity contribution in [3.8, 4) is 0 Å². The fourth-order valence-electron chi connectivity index (χ4n) is 1.71. The minimum absolute atomic E-state index is 0.0535. The van der Waals surface area contributed by atoms with Gasteiger partial charge in [-0.1, -0.05) is 0 Å². The van der Waals surface area contributed by atoms with E-state index in [-0.39, 0.29) is 6.61 Å². The third-order valence-corrected chi connectivity index (χ3v) is 2.89. The summed E-state index contributed by atoms with van der Waals surface area (Å²) in [4.78, 5) is 35.5. The molecule has 22 heavy (non-hydrogen) atoms. The lowest BCUT2D eigenvalue weighted by molar-refractivity contribution is -0.119. The molecule has 0 aromatic carbocycles. The van der Waals surface area contributed by atoms with Gasteiger partial charge < -0.3 is 19.7 Å². The maximum Gasteiger partial charge on any atom is 0.358 e. The van der Waals surface area contributed by atoms with E-state index in [1.807, 2.05) is 0 Å². The Kier molecular flexibility index (Phi) is 5.43. The lowest BCUT2D eigenvalue weighted by atomic mass is 10.1. The van der Waals surface area contributed by atoms with Crippen LogP contribution in [0.25, 0.3) is 0 Å². The first-order chi connectivity index (χ1) is 10.1. The molecular formula is C14H19FN2O5. The van der Waals surface area contributed by atoms with Gasteiger partial charge in [0, 0.05) is 13.2 Å². The second kappa shape index (κ2) is 6.69. The SMILES string of the molecule is CCOC(=O)c1c(F)c(C(=O)C(=O)NC(C)(C)CO)cn1C. The van der Waals surface area contributed by atoms with Crippen molar-refractivity contribution in [1.29, 1.82) is 0 Å². The number of amides is 1. The van der Waals surface area contributed by atoms with Gasteiger partial charge in [-0.05, 0) is 20.8 Å². The highest BCUT2D eigenvalue weighted by Gasteiger charge is 2.31. The molecule has 0 atom stereocenters. The number of aryl methyl sites for hydroxylation is 1. The molecule has 1 heterocycles. The Labute approximate surface area is 127 Å². The molecule has 0 aliphatic heterocycles. The Morgan fingerprint density at radius 1 is 1.41 bits per heavy atom. The standard InChI is InChI=1S/C14H19FN2O5/c1-5-22-13(21)10-9(15)8(6-17(10)4)11(19)12(20)16-14(2,3)7-18/h6,18H,5,7H2,1-4H3,(H,16,20). The van der Waals surface area contributed by atoms with Crippen LogP contribution in [0.1, 0.15) is 41.6 Å². The number of aliphatic hydroxyl groups is 1.